The van der Waals surface area contributed by atoms with Crippen molar-refractivity contribution in [2.75, 3.05) is 6.61 Å². The highest BCUT2D eigenvalue weighted by Gasteiger charge is 2.22. The van der Waals surface area contributed by atoms with E-state index in [2.05, 4.69) is 89.6 Å². The molecule has 3 aromatic carbocycles. The lowest BCUT2D eigenvalue weighted by molar-refractivity contribution is -0.672. The summed E-state index contributed by atoms with van der Waals surface area (Å²) in [5.41, 5.74) is 6.06. The molecule has 0 atom stereocenters. The second-order valence-corrected chi connectivity index (χ2v) is 7.05. The van der Waals surface area contributed by atoms with Crippen molar-refractivity contribution in [1.29, 1.82) is 0 Å². The molecule has 0 saturated carbocycles. The van der Waals surface area contributed by atoms with Crippen LogP contribution < -0.4 is 9.30 Å². The first-order valence-electron chi connectivity index (χ1n) is 9.64. The second kappa shape index (κ2) is 6.88. The fourth-order valence-corrected chi connectivity index (χ4v) is 4.03. The number of nitrogens with zero attached hydrogens (tertiary/aromatic N) is 1. The predicted octanol–water partition coefficient (Wildman–Crippen LogP) is 5.63. The summed E-state index contributed by atoms with van der Waals surface area (Å²) in [6, 6.07) is 27.9. The van der Waals surface area contributed by atoms with Crippen LogP contribution in [0.3, 0.4) is 0 Å². The molecule has 0 amide bonds. The molecule has 0 spiro atoms. The number of pyridine rings is 1. The number of benzene rings is 3. The standard InChI is InChI=1S/C25H22NO/c1-2-9-19(10-3-1)21-12-4-5-13-22(21)23-15-14-20-11-8-17-26-16-6-7-18-27-25(23)24(20)26/h1-5,8-15,17H,6-7,16,18H2/q+1. The van der Waals surface area contributed by atoms with Crippen LogP contribution in [0.4, 0.5) is 0 Å². The molecule has 27 heavy (non-hydrogen) atoms. The van der Waals surface area contributed by atoms with Crippen LogP contribution in [0.15, 0.2) is 85.1 Å². The number of ether oxygens (including phenoxy) is 1. The van der Waals surface area contributed by atoms with Crippen molar-refractivity contribution >= 4 is 10.9 Å². The minimum atomic E-state index is 0.772. The number of hydrogen-bond donors (Lipinski definition) is 0. The van der Waals surface area contributed by atoms with Crippen LogP contribution in [0, 0.1) is 0 Å². The van der Waals surface area contributed by atoms with Crippen molar-refractivity contribution < 1.29 is 9.30 Å². The first-order valence-corrected chi connectivity index (χ1v) is 9.64. The Balaban J connectivity index is 1.79. The van der Waals surface area contributed by atoms with Crippen molar-refractivity contribution in [3.63, 3.8) is 0 Å². The summed E-state index contributed by atoms with van der Waals surface area (Å²) >= 11 is 0. The lowest BCUT2D eigenvalue weighted by Gasteiger charge is -2.17. The average molecular weight is 352 g/mol. The third-order valence-electron chi connectivity index (χ3n) is 5.33. The van der Waals surface area contributed by atoms with E-state index in [0.29, 0.717) is 0 Å². The molecule has 0 fully saturated rings. The SMILES string of the molecule is c1ccc(-c2ccccc2-c2ccc3ccc[n+]4c3c2OCCCC4)cc1. The Bertz CT molecular complexity index is 1100. The van der Waals surface area contributed by atoms with Gasteiger partial charge >= 0.3 is 0 Å². The first kappa shape index (κ1) is 16.1. The molecule has 1 aliphatic rings. The van der Waals surface area contributed by atoms with E-state index in [1.807, 2.05) is 0 Å². The van der Waals surface area contributed by atoms with E-state index in [4.69, 9.17) is 4.74 Å². The first-order chi connectivity index (χ1) is 13.4. The fourth-order valence-electron chi connectivity index (χ4n) is 4.03. The van der Waals surface area contributed by atoms with Gasteiger partial charge in [-0.15, -0.1) is 0 Å². The summed E-state index contributed by atoms with van der Waals surface area (Å²) in [4.78, 5) is 0. The van der Waals surface area contributed by atoms with Crippen LogP contribution in [0.5, 0.6) is 5.75 Å². The highest BCUT2D eigenvalue weighted by Crippen LogP contribution is 2.40. The monoisotopic (exact) mass is 352 g/mol. The summed E-state index contributed by atoms with van der Waals surface area (Å²) in [5, 5.41) is 1.23. The van der Waals surface area contributed by atoms with Gasteiger partial charge in [-0.1, -0.05) is 54.6 Å². The van der Waals surface area contributed by atoms with Crippen molar-refractivity contribution in [3.8, 4) is 28.0 Å². The van der Waals surface area contributed by atoms with E-state index in [1.54, 1.807) is 0 Å². The van der Waals surface area contributed by atoms with Gasteiger partial charge in [-0.05, 0) is 41.3 Å². The molecule has 2 heterocycles. The molecule has 132 valence electrons. The largest absolute Gasteiger partial charge is 0.487 e. The van der Waals surface area contributed by atoms with Gasteiger partial charge in [0.25, 0.3) is 5.52 Å². The van der Waals surface area contributed by atoms with Crippen LogP contribution in [-0.2, 0) is 6.54 Å². The number of aryl methyl sites for hydroxylation is 1. The van der Waals surface area contributed by atoms with Crippen molar-refractivity contribution in [3.05, 3.63) is 85.1 Å². The van der Waals surface area contributed by atoms with E-state index in [9.17, 15) is 0 Å². The summed E-state index contributed by atoms with van der Waals surface area (Å²) in [7, 11) is 0. The van der Waals surface area contributed by atoms with Crippen LogP contribution in [0.1, 0.15) is 12.8 Å². The quantitative estimate of drug-likeness (QED) is 0.426. The third kappa shape index (κ3) is 2.87. The highest BCUT2D eigenvalue weighted by molar-refractivity contribution is 5.94. The Morgan fingerprint density at radius 1 is 0.667 bits per heavy atom. The lowest BCUT2D eigenvalue weighted by atomic mass is 9.93. The molecule has 1 aliphatic heterocycles. The van der Waals surface area contributed by atoms with Gasteiger partial charge in [0, 0.05) is 18.1 Å². The lowest BCUT2D eigenvalue weighted by Crippen LogP contribution is -2.35. The number of aromatic nitrogens is 1. The minimum absolute atomic E-state index is 0.772. The van der Waals surface area contributed by atoms with Crippen molar-refractivity contribution in [2.45, 2.75) is 19.4 Å². The van der Waals surface area contributed by atoms with Gasteiger partial charge in [0.2, 0.25) is 0 Å². The summed E-state index contributed by atoms with van der Waals surface area (Å²) in [6.07, 6.45) is 4.40. The van der Waals surface area contributed by atoms with Gasteiger partial charge in [-0.2, -0.15) is 4.57 Å². The average Bonchev–Trinajstić information content (AvgIpc) is 2.72. The predicted molar refractivity (Wildman–Crippen MR) is 110 cm³/mol. The van der Waals surface area contributed by atoms with Crippen molar-refractivity contribution in [2.24, 2.45) is 0 Å². The fraction of sp³-hybridized carbons (Fsp3) is 0.160. The van der Waals surface area contributed by atoms with Gasteiger partial charge < -0.3 is 4.74 Å². The van der Waals surface area contributed by atoms with Crippen molar-refractivity contribution in [1.82, 2.24) is 0 Å². The number of hydrogen-bond acceptors (Lipinski definition) is 1. The zero-order valence-corrected chi connectivity index (χ0v) is 15.3. The molecule has 4 aromatic rings. The zero-order chi connectivity index (χ0) is 18.1. The van der Waals surface area contributed by atoms with Gasteiger partial charge in [-0.25, -0.2) is 0 Å². The molecule has 1 aromatic heterocycles. The third-order valence-corrected chi connectivity index (χ3v) is 5.33. The van der Waals surface area contributed by atoms with Crippen LogP contribution in [0.25, 0.3) is 33.2 Å². The maximum absolute atomic E-state index is 6.36. The summed E-state index contributed by atoms with van der Waals surface area (Å²) in [6.45, 7) is 1.81. The maximum Gasteiger partial charge on any atom is 0.255 e. The van der Waals surface area contributed by atoms with E-state index >= 15 is 0 Å². The number of rotatable bonds is 2. The molecule has 0 bridgehead atoms. The normalized spacial score (nSPS) is 13.6. The maximum atomic E-state index is 6.36. The smallest absolute Gasteiger partial charge is 0.255 e. The molecular weight excluding hydrogens is 330 g/mol. The Hall–Kier alpha value is -3.13. The van der Waals surface area contributed by atoms with E-state index in [0.717, 1.165) is 31.7 Å². The summed E-state index contributed by atoms with van der Waals surface area (Å²) in [5.74, 6) is 1.01. The Morgan fingerprint density at radius 3 is 2.37 bits per heavy atom. The molecule has 0 aliphatic carbocycles. The Morgan fingerprint density at radius 2 is 1.48 bits per heavy atom. The molecule has 0 N–H and O–H groups in total. The Kier molecular flexibility index (Phi) is 4.10. The minimum Gasteiger partial charge on any atom is -0.487 e. The van der Waals surface area contributed by atoms with Crippen LogP contribution in [-0.4, -0.2) is 6.61 Å². The molecule has 0 unspecified atom stereocenters. The molecule has 2 heteroatoms. The second-order valence-electron chi connectivity index (χ2n) is 7.05. The van der Waals surface area contributed by atoms with Gasteiger partial charge in [0.05, 0.1) is 12.0 Å². The molecule has 0 saturated heterocycles. The zero-order valence-electron chi connectivity index (χ0n) is 15.3. The topological polar surface area (TPSA) is 13.1 Å². The van der Waals surface area contributed by atoms with Crippen LogP contribution >= 0.6 is 0 Å². The highest BCUT2D eigenvalue weighted by atomic mass is 16.5. The van der Waals surface area contributed by atoms with E-state index < -0.39 is 0 Å². The molecule has 2 nitrogen and oxygen atoms in total. The van der Waals surface area contributed by atoms with Gasteiger partial charge in [0.1, 0.15) is 6.54 Å². The molecule has 5 rings (SSSR count). The van der Waals surface area contributed by atoms with E-state index in [1.165, 1.54) is 33.2 Å². The molecular formula is C25H22NO+. The van der Waals surface area contributed by atoms with Gasteiger partial charge in [0.15, 0.2) is 11.9 Å². The molecule has 0 radical (unpaired) electrons. The van der Waals surface area contributed by atoms with E-state index in [-0.39, 0.29) is 0 Å². The summed E-state index contributed by atoms with van der Waals surface area (Å²) < 4.78 is 8.70. The Labute approximate surface area is 159 Å². The van der Waals surface area contributed by atoms with Gasteiger partial charge in [-0.3, -0.25) is 0 Å². The van der Waals surface area contributed by atoms with Crippen LogP contribution in [0.2, 0.25) is 0 Å².